The Labute approximate surface area is 188 Å². The molecule has 3 rings (SSSR count). The Balaban J connectivity index is 1.83. The average molecular weight is 478 g/mol. The minimum absolute atomic E-state index is 0.0379. The Morgan fingerprint density at radius 1 is 1.12 bits per heavy atom. The van der Waals surface area contributed by atoms with Crippen LogP contribution in [0.1, 0.15) is 15.9 Å². The number of benzene rings is 3. The Kier molecular flexibility index (Phi) is 6.75. The van der Waals surface area contributed by atoms with Gasteiger partial charge in [-0.2, -0.15) is 0 Å². The standard InChI is InChI=1S/C21H17ClFN3O5S/c1-25(13-15-11-16(26(28)29)9-10-18(15)22)21(27)14-5-4-6-17(12-14)32(30,31)24-20-8-3-2-7-19(20)23/h2-12,24H,13H2,1H3. The van der Waals surface area contributed by atoms with Crippen molar-refractivity contribution >= 4 is 38.9 Å². The number of sulfonamides is 1. The fraction of sp³-hybridized carbons (Fsp3) is 0.0952. The number of anilines is 1. The molecule has 0 spiro atoms. The lowest BCUT2D eigenvalue weighted by molar-refractivity contribution is -0.384. The molecule has 0 aliphatic rings. The van der Waals surface area contributed by atoms with Crippen LogP contribution < -0.4 is 4.72 Å². The lowest BCUT2D eigenvalue weighted by Crippen LogP contribution is -2.26. The van der Waals surface area contributed by atoms with Crippen molar-refractivity contribution < 1.29 is 22.5 Å². The molecule has 0 saturated heterocycles. The minimum Gasteiger partial charge on any atom is -0.337 e. The van der Waals surface area contributed by atoms with Crippen molar-refractivity contribution in [2.75, 3.05) is 11.8 Å². The largest absolute Gasteiger partial charge is 0.337 e. The van der Waals surface area contributed by atoms with E-state index in [2.05, 4.69) is 4.72 Å². The normalized spacial score (nSPS) is 11.1. The maximum atomic E-state index is 13.8. The van der Waals surface area contributed by atoms with Crippen LogP contribution in [0.15, 0.2) is 71.6 Å². The van der Waals surface area contributed by atoms with Crippen LogP contribution in [-0.4, -0.2) is 31.2 Å². The number of carbonyl (C=O) groups excluding carboxylic acids is 1. The highest BCUT2D eigenvalue weighted by molar-refractivity contribution is 7.92. The molecule has 1 N–H and O–H groups in total. The molecule has 1 amide bonds. The predicted molar refractivity (Wildman–Crippen MR) is 118 cm³/mol. The third kappa shape index (κ3) is 5.21. The van der Waals surface area contributed by atoms with E-state index in [1.54, 1.807) is 0 Å². The van der Waals surface area contributed by atoms with Gasteiger partial charge in [0.1, 0.15) is 5.82 Å². The van der Waals surface area contributed by atoms with Gasteiger partial charge in [0, 0.05) is 36.3 Å². The number of nitrogens with zero attached hydrogens (tertiary/aromatic N) is 2. The maximum absolute atomic E-state index is 13.8. The first-order valence-electron chi connectivity index (χ1n) is 9.14. The highest BCUT2D eigenvalue weighted by Crippen LogP contribution is 2.24. The van der Waals surface area contributed by atoms with Gasteiger partial charge < -0.3 is 4.90 Å². The van der Waals surface area contributed by atoms with E-state index in [0.29, 0.717) is 5.56 Å². The lowest BCUT2D eigenvalue weighted by atomic mass is 10.1. The molecule has 0 saturated carbocycles. The molecule has 0 heterocycles. The van der Waals surface area contributed by atoms with Crippen LogP contribution in [0.4, 0.5) is 15.8 Å². The number of nitro benzene ring substituents is 1. The Morgan fingerprint density at radius 3 is 2.53 bits per heavy atom. The van der Waals surface area contributed by atoms with Crippen molar-refractivity contribution in [2.45, 2.75) is 11.4 Å². The molecule has 166 valence electrons. The molecule has 3 aromatic rings. The second-order valence-corrected chi connectivity index (χ2v) is 8.90. The van der Waals surface area contributed by atoms with Gasteiger partial charge in [-0.25, -0.2) is 12.8 Å². The van der Waals surface area contributed by atoms with Gasteiger partial charge in [0.05, 0.1) is 15.5 Å². The smallest absolute Gasteiger partial charge is 0.269 e. The molecule has 0 aromatic heterocycles. The number of nitro groups is 1. The monoisotopic (exact) mass is 477 g/mol. The molecule has 0 atom stereocenters. The van der Waals surface area contributed by atoms with Gasteiger partial charge in [-0.05, 0) is 42.0 Å². The van der Waals surface area contributed by atoms with Gasteiger partial charge in [-0.3, -0.25) is 19.6 Å². The molecule has 32 heavy (non-hydrogen) atoms. The third-order valence-electron chi connectivity index (χ3n) is 4.50. The third-order valence-corrected chi connectivity index (χ3v) is 6.24. The van der Waals surface area contributed by atoms with Gasteiger partial charge in [0.15, 0.2) is 0 Å². The van der Waals surface area contributed by atoms with Crippen LogP contribution >= 0.6 is 11.6 Å². The van der Waals surface area contributed by atoms with Crippen LogP contribution in [0.25, 0.3) is 0 Å². The maximum Gasteiger partial charge on any atom is 0.269 e. The molecule has 8 nitrogen and oxygen atoms in total. The van der Waals surface area contributed by atoms with Gasteiger partial charge in [0.25, 0.3) is 21.6 Å². The molecule has 0 fully saturated rings. The summed E-state index contributed by atoms with van der Waals surface area (Å²) in [6, 6.07) is 14.4. The summed E-state index contributed by atoms with van der Waals surface area (Å²) in [5, 5.41) is 11.2. The number of hydrogen-bond donors (Lipinski definition) is 1. The fourth-order valence-corrected chi connectivity index (χ4v) is 4.18. The summed E-state index contributed by atoms with van der Waals surface area (Å²) < 4.78 is 41.3. The Hall–Kier alpha value is -3.50. The number of para-hydroxylation sites is 1. The van der Waals surface area contributed by atoms with Crippen LogP contribution in [-0.2, 0) is 16.6 Å². The van der Waals surface area contributed by atoms with Crippen molar-refractivity contribution in [3.05, 3.63) is 98.8 Å². The van der Waals surface area contributed by atoms with Crippen LogP contribution in [0.3, 0.4) is 0 Å². The molecule has 0 aliphatic carbocycles. The number of rotatable bonds is 7. The molecule has 0 unspecified atom stereocenters. The van der Waals surface area contributed by atoms with Gasteiger partial charge in [0.2, 0.25) is 0 Å². The zero-order valence-electron chi connectivity index (χ0n) is 16.7. The lowest BCUT2D eigenvalue weighted by Gasteiger charge is -2.18. The fourth-order valence-electron chi connectivity index (χ4n) is 2.89. The molecule has 0 aliphatic heterocycles. The summed E-state index contributed by atoms with van der Waals surface area (Å²) >= 11 is 6.09. The molecular formula is C21H17ClFN3O5S. The number of amides is 1. The van der Waals surface area contributed by atoms with Crippen molar-refractivity contribution in [2.24, 2.45) is 0 Å². The summed E-state index contributed by atoms with van der Waals surface area (Å²) in [4.78, 5) is 24.3. The zero-order chi connectivity index (χ0) is 23.5. The second kappa shape index (κ2) is 9.33. The van der Waals surface area contributed by atoms with Gasteiger partial charge in [-0.1, -0.05) is 29.8 Å². The molecular weight excluding hydrogens is 461 g/mol. The highest BCUT2D eigenvalue weighted by Gasteiger charge is 2.20. The van der Waals surface area contributed by atoms with E-state index in [4.69, 9.17) is 11.6 Å². The topological polar surface area (TPSA) is 110 Å². The van der Waals surface area contributed by atoms with E-state index >= 15 is 0 Å². The second-order valence-electron chi connectivity index (χ2n) is 6.81. The average Bonchev–Trinajstić information content (AvgIpc) is 2.76. The first-order chi connectivity index (χ1) is 15.1. The molecule has 11 heteroatoms. The van der Waals surface area contributed by atoms with E-state index in [-0.39, 0.29) is 33.4 Å². The van der Waals surface area contributed by atoms with Crippen molar-refractivity contribution in [3.8, 4) is 0 Å². The van der Waals surface area contributed by atoms with Crippen molar-refractivity contribution in [1.29, 1.82) is 0 Å². The number of carbonyl (C=O) groups is 1. The van der Waals surface area contributed by atoms with Crippen molar-refractivity contribution in [1.82, 2.24) is 4.90 Å². The van der Waals surface area contributed by atoms with Crippen molar-refractivity contribution in [3.63, 3.8) is 0 Å². The van der Waals surface area contributed by atoms with Gasteiger partial charge in [-0.15, -0.1) is 0 Å². The summed E-state index contributed by atoms with van der Waals surface area (Å²) in [5.74, 6) is -1.27. The molecule has 0 radical (unpaired) electrons. The highest BCUT2D eigenvalue weighted by atomic mass is 35.5. The van der Waals surface area contributed by atoms with Gasteiger partial charge >= 0.3 is 0 Å². The predicted octanol–water partition coefficient (Wildman–Crippen LogP) is 4.46. The van der Waals surface area contributed by atoms with E-state index in [1.807, 2.05) is 0 Å². The Morgan fingerprint density at radius 2 is 1.84 bits per heavy atom. The van der Waals surface area contributed by atoms with Crippen LogP contribution in [0, 0.1) is 15.9 Å². The van der Waals surface area contributed by atoms with Crippen LogP contribution in [0.2, 0.25) is 5.02 Å². The molecule has 3 aromatic carbocycles. The number of hydrogen-bond acceptors (Lipinski definition) is 5. The summed E-state index contributed by atoms with van der Waals surface area (Å²) in [7, 11) is -2.70. The van der Waals surface area contributed by atoms with E-state index < -0.39 is 26.7 Å². The summed E-state index contributed by atoms with van der Waals surface area (Å²) in [6.07, 6.45) is 0. The number of nitrogens with one attached hydrogen (secondary N) is 1. The number of halogens is 2. The number of non-ortho nitro benzene ring substituents is 1. The quantitative estimate of drug-likeness (QED) is 0.399. The van der Waals surface area contributed by atoms with E-state index in [0.717, 1.165) is 12.1 Å². The summed E-state index contributed by atoms with van der Waals surface area (Å²) in [6.45, 7) is -0.0379. The van der Waals surface area contributed by atoms with Crippen LogP contribution in [0.5, 0.6) is 0 Å². The molecule has 0 bridgehead atoms. The minimum atomic E-state index is -4.16. The SMILES string of the molecule is CN(Cc1cc([N+](=O)[O-])ccc1Cl)C(=O)c1cccc(S(=O)(=O)Nc2ccccc2F)c1. The first kappa shape index (κ1) is 23.2. The van der Waals surface area contributed by atoms with E-state index in [9.17, 15) is 27.7 Å². The van der Waals surface area contributed by atoms with E-state index in [1.165, 1.54) is 66.5 Å². The Bertz CT molecular complexity index is 1300. The zero-order valence-corrected chi connectivity index (χ0v) is 18.2. The first-order valence-corrected chi connectivity index (χ1v) is 11.0. The summed E-state index contributed by atoms with van der Waals surface area (Å²) in [5.41, 5.74) is 0.0337.